The van der Waals surface area contributed by atoms with E-state index < -0.39 is 30.9 Å². The molecule has 19 heavy (non-hydrogen) atoms. The lowest BCUT2D eigenvalue weighted by Crippen LogP contribution is -2.47. The van der Waals surface area contributed by atoms with Crippen LogP contribution in [0.4, 0.5) is 8.87 Å². The topological polar surface area (TPSA) is 98.1 Å². The first kappa shape index (κ1) is 15.7. The number of benzene rings is 1. The summed E-state index contributed by atoms with van der Waals surface area (Å²) in [5, 5.41) is 7.82. The van der Waals surface area contributed by atoms with Gasteiger partial charge in [-0.05, 0) is 17.7 Å². The number of carbonyl (C=O) groups is 1. The number of alkyl halides is 1. The molecule has 0 unspecified atom stereocenters. The van der Waals surface area contributed by atoms with E-state index in [1.807, 2.05) is 0 Å². The fourth-order valence-electron chi connectivity index (χ4n) is 1.39. The fourth-order valence-corrected chi connectivity index (χ4v) is 1.93. The van der Waals surface area contributed by atoms with Crippen LogP contribution in [-0.4, -0.2) is 38.8 Å². The number of likely N-dealkylation sites (N-methyl/N-ethyl adjacent to an activating group) is 1. The van der Waals surface area contributed by atoms with Gasteiger partial charge in [0, 0.05) is 13.5 Å². The summed E-state index contributed by atoms with van der Waals surface area (Å²) < 4.78 is 37.7. The summed E-state index contributed by atoms with van der Waals surface area (Å²) in [4.78, 5) is 28.4. The van der Waals surface area contributed by atoms with E-state index in [9.17, 15) is 18.2 Å². The molecule has 1 aromatic carbocycles. The van der Waals surface area contributed by atoms with Gasteiger partial charge in [-0.25, -0.2) is 9.18 Å². The largest absolute Gasteiger partial charge is 0.478 e. The Morgan fingerprint density at radius 2 is 1.84 bits per heavy atom. The van der Waals surface area contributed by atoms with Gasteiger partial charge in [-0.15, -0.1) is 9.60 Å². The van der Waals surface area contributed by atoms with E-state index in [1.54, 1.807) is 0 Å². The van der Waals surface area contributed by atoms with Gasteiger partial charge in [0.05, 0.1) is 5.30 Å². The van der Waals surface area contributed by atoms with Gasteiger partial charge in [0.2, 0.25) is 0 Å². The Kier molecular flexibility index (Phi) is 4.42. The third-order valence-electron chi connectivity index (χ3n) is 2.53. The van der Waals surface area contributed by atoms with Crippen molar-refractivity contribution >= 4 is 18.9 Å². The highest BCUT2D eigenvalue weighted by atomic mass is 31.2. The second-order valence-electron chi connectivity index (χ2n) is 3.93. The van der Waals surface area contributed by atoms with Crippen LogP contribution >= 0.6 is 7.60 Å². The molecule has 1 aromatic rings. The second kappa shape index (κ2) is 5.34. The van der Waals surface area contributed by atoms with Crippen molar-refractivity contribution in [3.63, 3.8) is 0 Å². The van der Waals surface area contributed by atoms with Crippen LogP contribution in [0.3, 0.4) is 0 Å². The highest BCUT2D eigenvalue weighted by molar-refractivity contribution is 7.60. The van der Waals surface area contributed by atoms with Crippen LogP contribution < -0.4 is 5.30 Å². The Morgan fingerprint density at radius 3 is 2.16 bits per heavy atom. The fraction of sp³-hybridized carbons (Fsp3) is 0.300. The zero-order valence-corrected chi connectivity index (χ0v) is 10.7. The normalized spacial score (nSPS) is 15.3. The lowest BCUT2D eigenvalue weighted by Gasteiger charge is -2.23. The molecule has 0 amide bonds. The number of hydrogen-bond donors (Lipinski definition) is 3. The third-order valence-corrected chi connectivity index (χ3v) is 3.50. The zero-order valence-electron chi connectivity index (χ0n) is 9.83. The third kappa shape index (κ3) is 3.57. The zero-order chi connectivity index (χ0) is 14.8. The predicted molar refractivity (Wildman–Crippen MR) is 62.2 cm³/mol. The Morgan fingerprint density at radius 1 is 1.37 bits per heavy atom. The van der Waals surface area contributed by atoms with Crippen LogP contribution in [-0.2, 0) is 15.8 Å². The first-order valence-corrected chi connectivity index (χ1v) is 6.65. The lowest BCUT2D eigenvalue weighted by atomic mass is 10.0. The van der Waals surface area contributed by atoms with E-state index in [0.29, 0.717) is 7.05 Å². The Balaban J connectivity index is 3.00. The number of rotatable bonds is 5. The quantitative estimate of drug-likeness (QED) is 0.418. The summed E-state index contributed by atoms with van der Waals surface area (Å²) in [6.07, 6.45) is -0.795. The van der Waals surface area contributed by atoms with E-state index in [2.05, 4.69) is 0 Å². The van der Waals surface area contributed by atoms with Gasteiger partial charge >= 0.3 is 13.6 Å². The molecule has 0 heterocycles. The summed E-state index contributed by atoms with van der Waals surface area (Å²) in [6, 6.07) is 4.34. The monoisotopic (exact) mass is 295 g/mol. The summed E-state index contributed by atoms with van der Waals surface area (Å²) in [5.74, 6) is -5.22. The molecule has 0 spiro atoms. The molecule has 0 aliphatic rings. The van der Waals surface area contributed by atoms with Gasteiger partial charge in [-0.3, -0.25) is 4.57 Å². The predicted octanol–water partition coefficient (Wildman–Crippen LogP) is 0.599. The molecule has 0 saturated carbocycles. The Bertz CT molecular complexity index is 515. The number of halogens is 2. The summed E-state index contributed by atoms with van der Waals surface area (Å²) >= 11 is 0. The van der Waals surface area contributed by atoms with Crippen LogP contribution in [0, 0.1) is 0 Å². The molecule has 1 atom stereocenters. The second-order valence-corrected chi connectivity index (χ2v) is 5.53. The summed E-state index contributed by atoms with van der Waals surface area (Å²) in [7, 11) is -3.78. The number of nitrogens with zero attached hydrogens (tertiary/aromatic N) is 1. The molecular weight excluding hydrogens is 283 g/mol. The molecule has 1 rings (SSSR count). The van der Waals surface area contributed by atoms with E-state index >= 15 is 0 Å². The van der Waals surface area contributed by atoms with Crippen molar-refractivity contribution in [1.29, 1.82) is 0 Å². The van der Waals surface area contributed by atoms with Crippen LogP contribution in [0.5, 0.6) is 0 Å². The smallest absolute Gasteiger partial charge is 0.359 e. The van der Waals surface area contributed by atoms with Crippen molar-refractivity contribution < 1.29 is 33.1 Å². The van der Waals surface area contributed by atoms with Crippen LogP contribution in [0.25, 0.3) is 0 Å². The maximum absolute atomic E-state index is 13.9. The Labute approximate surface area is 107 Å². The van der Waals surface area contributed by atoms with E-state index in [-0.39, 0.29) is 10.9 Å². The molecule has 9 heteroatoms. The van der Waals surface area contributed by atoms with Gasteiger partial charge in [-0.2, -0.15) is 0 Å². The molecule has 106 valence electrons. The maximum atomic E-state index is 13.9. The molecule has 0 bridgehead atoms. The van der Waals surface area contributed by atoms with Crippen LogP contribution in [0.15, 0.2) is 24.3 Å². The lowest BCUT2D eigenvalue weighted by molar-refractivity contribution is -0.188. The Hall–Kier alpha value is -1.34. The highest BCUT2D eigenvalue weighted by Gasteiger charge is 2.44. The molecular formula is C10H12F2NO5P. The van der Waals surface area contributed by atoms with E-state index in [0.717, 1.165) is 24.3 Å². The van der Waals surface area contributed by atoms with Crippen molar-refractivity contribution in [2.75, 3.05) is 7.05 Å². The van der Waals surface area contributed by atoms with E-state index in [1.165, 1.54) is 0 Å². The minimum atomic E-state index is -4.42. The van der Waals surface area contributed by atoms with Crippen LogP contribution in [0.2, 0.25) is 0 Å². The van der Waals surface area contributed by atoms with Crippen molar-refractivity contribution in [2.45, 2.75) is 12.2 Å². The van der Waals surface area contributed by atoms with Crippen molar-refractivity contribution in [1.82, 2.24) is 5.12 Å². The van der Waals surface area contributed by atoms with Gasteiger partial charge in [-0.1, -0.05) is 12.1 Å². The molecule has 0 aliphatic carbocycles. The highest BCUT2D eigenvalue weighted by Crippen LogP contribution is 2.33. The van der Waals surface area contributed by atoms with Crippen molar-refractivity contribution in [3.8, 4) is 0 Å². The summed E-state index contributed by atoms with van der Waals surface area (Å²) in [5.41, 5.74) is 0.0894. The molecule has 0 fully saturated rings. The van der Waals surface area contributed by atoms with Gasteiger partial charge in [0.1, 0.15) is 0 Å². The first-order valence-electron chi connectivity index (χ1n) is 5.04. The molecule has 0 aliphatic heterocycles. The number of carboxylic acid groups (broad SMARTS) is 1. The van der Waals surface area contributed by atoms with Crippen molar-refractivity contribution in [3.05, 3.63) is 29.8 Å². The number of carboxylic acids is 1. The van der Waals surface area contributed by atoms with Crippen molar-refractivity contribution in [2.24, 2.45) is 0 Å². The molecule has 0 aromatic heterocycles. The average molecular weight is 295 g/mol. The van der Waals surface area contributed by atoms with Crippen LogP contribution in [0.1, 0.15) is 5.56 Å². The first-order chi connectivity index (χ1) is 8.57. The summed E-state index contributed by atoms with van der Waals surface area (Å²) in [6.45, 7) is 0. The van der Waals surface area contributed by atoms with E-state index in [4.69, 9.17) is 14.9 Å². The molecule has 6 nitrogen and oxygen atoms in total. The minimum absolute atomic E-state index is 0.0894. The SMILES string of the molecule is CN(F)[C@@](F)(Cc1ccc(P(=O)(O)O)cc1)C(=O)O. The average Bonchev–Trinajstić information content (AvgIpc) is 2.27. The standard InChI is InChI=1S/C10H12F2NO5P/c1-13(12)10(11,9(14)15)6-7-2-4-8(5-3-7)19(16,17)18/h2-5H,6H2,1H3,(H,14,15)(H2,16,17,18)/t10-/m0/s1. The maximum Gasteiger partial charge on any atom is 0.359 e. The van der Waals surface area contributed by atoms with Gasteiger partial charge < -0.3 is 14.9 Å². The molecule has 0 saturated heterocycles. The molecule has 0 radical (unpaired) electrons. The number of aliphatic carboxylic acids is 1. The van der Waals surface area contributed by atoms with Gasteiger partial charge in [0.15, 0.2) is 0 Å². The molecule has 3 N–H and O–H groups in total. The van der Waals surface area contributed by atoms with Gasteiger partial charge in [0.25, 0.3) is 5.79 Å². The minimum Gasteiger partial charge on any atom is -0.478 e. The number of hydrogen-bond acceptors (Lipinski definition) is 3.